The number of hydrogen-bond donors (Lipinski definition) is 2. The van der Waals surface area contributed by atoms with Crippen molar-refractivity contribution in [2.24, 2.45) is 0 Å². The molecule has 0 spiro atoms. The molecule has 4 heteroatoms. The molecule has 0 atom stereocenters. The summed E-state index contributed by atoms with van der Waals surface area (Å²) in [5.41, 5.74) is 1.63. The summed E-state index contributed by atoms with van der Waals surface area (Å²) in [5.74, 6) is -3.27. The number of fused-ring (bicyclic) bond motifs is 1. The van der Waals surface area contributed by atoms with Gasteiger partial charge in [-0.1, -0.05) is 12.1 Å². The minimum Gasteiger partial charge on any atom is -0.359 e. The van der Waals surface area contributed by atoms with Crippen LogP contribution in [0.2, 0.25) is 0 Å². The average Bonchev–Trinajstić information content (AvgIpc) is 2.48. The van der Waals surface area contributed by atoms with Gasteiger partial charge in [-0.3, -0.25) is 9.59 Å². The Kier molecular flexibility index (Phi) is 2.49. The first-order valence-corrected chi connectivity index (χ1v) is 5.16. The molecule has 0 saturated heterocycles. The molecule has 17 heavy (non-hydrogen) atoms. The smallest absolute Gasteiger partial charge is 0.227 e. The number of rotatable bonds is 2. The van der Waals surface area contributed by atoms with Crippen LogP contribution in [0.25, 0.3) is 11.6 Å². The molecule has 0 aliphatic heterocycles. The lowest BCUT2D eigenvalue weighted by atomic mass is 10.0. The summed E-state index contributed by atoms with van der Waals surface area (Å²) in [6, 6.07) is 3.45. The van der Waals surface area contributed by atoms with Gasteiger partial charge in [0.1, 0.15) is 0 Å². The SMILES string of the molecule is Cc1cc2c(cc1C)=C(C(=O)C=O)C(O)(O)C=2. The minimum absolute atomic E-state index is 0.0919. The molecule has 1 aliphatic carbocycles. The van der Waals surface area contributed by atoms with Crippen LogP contribution in [0.5, 0.6) is 0 Å². The van der Waals surface area contributed by atoms with E-state index in [-0.39, 0.29) is 11.9 Å². The van der Waals surface area contributed by atoms with Crippen molar-refractivity contribution in [2.45, 2.75) is 19.6 Å². The van der Waals surface area contributed by atoms with Crippen LogP contribution in [-0.2, 0) is 9.59 Å². The minimum atomic E-state index is -2.36. The normalized spacial score (nSPS) is 16.4. The van der Waals surface area contributed by atoms with Crippen LogP contribution in [0, 0.1) is 13.8 Å². The molecule has 1 aliphatic rings. The summed E-state index contributed by atoms with van der Waals surface area (Å²) in [4.78, 5) is 22.0. The van der Waals surface area contributed by atoms with Crippen LogP contribution in [0.15, 0.2) is 12.1 Å². The van der Waals surface area contributed by atoms with E-state index in [9.17, 15) is 19.8 Å². The first-order chi connectivity index (χ1) is 7.86. The highest BCUT2D eigenvalue weighted by Gasteiger charge is 2.35. The molecular formula is C13H12O4. The zero-order valence-corrected chi connectivity index (χ0v) is 9.52. The van der Waals surface area contributed by atoms with Gasteiger partial charge >= 0.3 is 0 Å². The summed E-state index contributed by atoms with van der Waals surface area (Å²) < 4.78 is 0. The van der Waals surface area contributed by atoms with E-state index in [0.29, 0.717) is 10.4 Å². The second-order valence-electron chi connectivity index (χ2n) is 4.25. The van der Waals surface area contributed by atoms with E-state index in [1.54, 1.807) is 12.1 Å². The van der Waals surface area contributed by atoms with Crippen molar-refractivity contribution in [1.29, 1.82) is 0 Å². The summed E-state index contributed by atoms with van der Waals surface area (Å²) in [7, 11) is 0. The first kappa shape index (κ1) is 11.7. The predicted molar refractivity (Wildman–Crippen MR) is 61.3 cm³/mol. The number of Topliss-reactive ketones (excluding diaryl/α,β-unsaturated/α-hetero) is 1. The standard InChI is InChI=1S/C13H12O4/c1-7-3-9-5-13(16,17)12(11(15)6-14)10(9)4-8(7)2/h3-6,16-17H,1-2H3. The van der Waals surface area contributed by atoms with Gasteiger partial charge in [0, 0.05) is 0 Å². The summed E-state index contributed by atoms with van der Waals surface area (Å²) in [6.45, 7) is 3.74. The summed E-state index contributed by atoms with van der Waals surface area (Å²) in [5, 5.41) is 20.5. The van der Waals surface area contributed by atoms with E-state index in [4.69, 9.17) is 0 Å². The Bertz CT molecular complexity index is 638. The molecule has 0 amide bonds. The number of aryl methyl sites for hydroxylation is 2. The average molecular weight is 232 g/mol. The van der Waals surface area contributed by atoms with Crippen molar-refractivity contribution < 1.29 is 19.8 Å². The van der Waals surface area contributed by atoms with E-state index in [1.165, 1.54) is 6.08 Å². The van der Waals surface area contributed by atoms with Gasteiger partial charge in [-0.25, -0.2) is 0 Å². The van der Waals surface area contributed by atoms with Crippen LogP contribution in [-0.4, -0.2) is 28.1 Å². The molecule has 1 aromatic carbocycles. The molecule has 0 radical (unpaired) electrons. The largest absolute Gasteiger partial charge is 0.359 e. The van der Waals surface area contributed by atoms with Crippen molar-refractivity contribution in [3.8, 4) is 0 Å². The number of carbonyl (C=O) groups excluding carboxylic acids is 2. The molecule has 4 nitrogen and oxygen atoms in total. The third-order valence-electron chi connectivity index (χ3n) is 3.01. The number of benzene rings is 1. The lowest BCUT2D eigenvalue weighted by Gasteiger charge is -2.14. The Hall–Kier alpha value is -1.78. The zero-order chi connectivity index (χ0) is 12.8. The van der Waals surface area contributed by atoms with Gasteiger partial charge in [0.25, 0.3) is 0 Å². The molecule has 0 fully saturated rings. The third kappa shape index (κ3) is 1.71. The maximum absolute atomic E-state index is 11.4. The topological polar surface area (TPSA) is 74.6 Å². The van der Waals surface area contributed by atoms with Gasteiger partial charge in [0.2, 0.25) is 11.6 Å². The maximum atomic E-state index is 11.4. The molecule has 0 unspecified atom stereocenters. The van der Waals surface area contributed by atoms with Crippen LogP contribution in [0.1, 0.15) is 11.1 Å². The fraction of sp³-hybridized carbons (Fsp3) is 0.231. The van der Waals surface area contributed by atoms with Gasteiger partial charge in [0.15, 0.2) is 6.29 Å². The monoisotopic (exact) mass is 232 g/mol. The molecule has 1 aromatic rings. The van der Waals surface area contributed by atoms with Crippen LogP contribution in [0.4, 0.5) is 0 Å². The van der Waals surface area contributed by atoms with Gasteiger partial charge in [-0.05, 0) is 41.5 Å². The number of ketones is 1. The van der Waals surface area contributed by atoms with Gasteiger partial charge in [-0.15, -0.1) is 0 Å². The molecule has 0 saturated carbocycles. The molecule has 0 aromatic heterocycles. The van der Waals surface area contributed by atoms with Gasteiger partial charge in [0.05, 0.1) is 5.57 Å². The van der Waals surface area contributed by atoms with Crippen LogP contribution >= 0.6 is 0 Å². The number of aldehydes is 1. The molecular weight excluding hydrogens is 220 g/mol. The van der Waals surface area contributed by atoms with Gasteiger partial charge in [-0.2, -0.15) is 0 Å². The number of aliphatic hydroxyl groups is 2. The van der Waals surface area contributed by atoms with Crippen molar-refractivity contribution in [3.05, 3.63) is 33.7 Å². The van der Waals surface area contributed by atoms with Crippen LogP contribution < -0.4 is 10.4 Å². The van der Waals surface area contributed by atoms with E-state index in [0.717, 1.165) is 11.1 Å². The number of hydrogen-bond acceptors (Lipinski definition) is 4. The second-order valence-corrected chi connectivity index (χ2v) is 4.25. The molecule has 0 heterocycles. The molecule has 2 N–H and O–H groups in total. The lowest BCUT2D eigenvalue weighted by molar-refractivity contribution is -0.129. The highest BCUT2D eigenvalue weighted by Crippen LogP contribution is 2.19. The van der Waals surface area contributed by atoms with Crippen LogP contribution in [0.3, 0.4) is 0 Å². The maximum Gasteiger partial charge on any atom is 0.227 e. The Labute approximate surface area is 97.5 Å². The van der Waals surface area contributed by atoms with E-state index in [1.807, 2.05) is 13.8 Å². The Morgan fingerprint density at radius 1 is 1.24 bits per heavy atom. The lowest BCUT2D eigenvalue weighted by Crippen LogP contribution is -2.33. The Morgan fingerprint density at radius 2 is 1.82 bits per heavy atom. The quantitative estimate of drug-likeness (QED) is 0.377. The fourth-order valence-corrected chi connectivity index (χ4v) is 2.03. The van der Waals surface area contributed by atoms with E-state index in [2.05, 4.69) is 0 Å². The molecule has 0 bridgehead atoms. The van der Waals surface area contributed by atoms with E-state index >= 15 is 0 Å². The highest BCUT2D eigenvalue weighted by atomic mass is 16.5. The van der Waals surface area contributed by atoms with Crippen molar-refractivity contribution in [3.63, 3.8) is 0 Å². The Balaban J connectivity index is 2.91. The fourth-order valence-electron chi connectivity index (χ4n) is 2.03. The second kappa shape index (κ2) is 3.61. The first-order valence-electron chi connectivity index (χ1n) is 5.16. The highest BCUT2D eigenvalue weighted by molar-refractivity contribution is 6.45. The van der Waals surface area contributed by atoms with Crippen molar-refractivity contribution >= 4 is 23.7 Å². The predicted octanol–water partition coefficient (Wildman–Crippen LogP) is -1.30. The summed E-state index contributed by atoms with van der Waals surface area (Å²) in [6.07, 6.45) is 1.26. The summed E-state index contributed by atoms with van der Waals surface area (Å²) >= 11 is 0. The zero-order valence-electron chi connectivity index (χ0n) is 9.52. The molecule has 2 rings (SSSR count). The van der Waals surface area contributed by atoms with Crippen molar-refractivity contribution in [2.75, 3.05) is 0 Å². The van der Waals surface area contributed by atoms with Gasteiger partial charge < -0.3 is 10.2 Å². The third-order valence-corrected chi connectivity index (χ3v) is 3.01. The number of carbonyl (C=O) groups is 2. The molecule has 88 valence electrons. The van der Waals surface area contributed by atoms with Crippen molar-refractivity contribution in [1.82, 2.24) is 0 Å². The Morgan fingerprint density at radius 3 is 2.41 bits per heavy atom. The van der Waals surface area contributed by atoms with E-state index < -0.39 is 11.6 Å².